The Labute approximate surface area is 197 Å². The van der Waals surface area contributed by atoms with Gasteiger partial charge in [-0.2, -0.15) is 0 Å². The van der Waals surface area contributed by atoms with Crippen molar-refractivity contribution in [1.29, 1.82) is 0 Å². The zero-order chi connectivity index (χ0) is 23.8. The second-order valence-electron chi connectivity index (χ2n) is 13.5. The van der Waals surface area contributed by atoms with Crippen molar-refractivity contribution in [2.24, 2.45) is 34.5 Å². The standard InChI is InChI=1S/C27H42O6/c1-23(2,31)27-13-20(30)26(5,33-27)22-19(32-27)12-17-21-16(7-9-25(17,22)4)24(3)8-6-15(28)10-14(24)11-18(21)29/h11,15-22,28-31H,6-10,12-13H2,1-5H3. The average molecular weight is 463 g/mol. The van der Waals surface area contributed by atoms with E-state index >= 15 is 0 Å². The van der Waals surface area contributed by atoms with E-state index in [4.69, 9.17) is 9.47 Å². The lowest BCUT2D eigenvalue weighted by molar-refractivity contribution is -0.384. The molecule has 2 saturated heterocycles. The van der Waals surface area contributed by atoms with Crippen LogP contribution in [0.2, 0.25) is 0 Å². The number of hydrogen-bond acceptors (Lipinski definition) is 6. The van der Waals surface area contributed by atoms with Crippen LogP contribution in [0.5, 0.6) is 0 Å². The van der Waals surface area contributed by atoms with Gasteiger partial charge in [-0.1, -0.05) is 25.5 Å². The van der Waals surface area contributed by atoms with Crippen molar-refractivity contribution < 1.29 is 29.9 Å². The van der Waals surface area contributed by atoms with E-state index in [0.717, 1.165) is 32.1 Å². The summed E-state index contributed by atoms with van der Waals surface area (Å²) in [6.07, 6.45) is 6.07. The number of ether oxygens (including phenoxy) is 2. The highest BCUT2D eigenvalue weighted by atomic mass is 16.7. The fourth-order valence-electron chi connectivity index (χ4n) is 9.79. The maximum atomic E-state index is 11.4. The van der Waals surface area contributed by atoms with Crippen molar-refractivity contribution in [3.05, 3.63) is 11.6 Å². The largest absolute Gasteiger partial charge is 0.393 e. The van der Waals surface area contributed by atoms with Gasteiger partial charge in [0.05, 0.1) is 24.4 Å². The van der Waals surface area contributed by atoms with Gasteiger partial charge in [0.25, 0.3) is 0 Å². The molecule has 0 aromatic rings. The molecule has 4 N–H and O–H groups in total. The Kier molecular flexibility index (Phi) is 4.60. The molecular formula is C27H42O6. The number of hydrogen-bond donors (Lipinski definition) is 4. The van der Waals surface area contributed by atoms with E-state index in [9.17, 15) is 20.4 Å². The molecule has 6 nitrogen and oxygen atoms in total. The van der Waals surface area contributed by atoms with Crippen LogP contribution in [-0.4, -0.2) is 61.8 Å². The van der Waals surface area contributed by atoms with Crippen molar-refractivity contribution in [1.82, 2.24) is 0 Å². The first kappa shape index (κ1) is 22.9. The molecule has 2 bridgehead atoms. The Bertz CT molecular complexity index is 880. The molecule has 6 heteroatoms. The van der Waals surface area contributed by atoms with Gasteiger partial charge in [-0.3, -0.25) is 0 Å². The van der Waals surface area contributed by atoms with Gasteiger partial charge >= 0.3 is 0 Å². The van der Waals surface area contributed by atoms with Gasteiger partial charge in [0.2, 0.25) is 0 Å². The lowest BCUT2D eigenvalue weighted by Gasteiger charge is -2.60. The van der Waals surface area contributed by atoms with Crippen LogP contribution < -0.4 is 0 Å². The molecule has 33 heavy (non-hydrogen) atoms. The summed E-state index contributed by atoms with van der Waals surface area (Å²) in [4.78, 5) is 0. The van der Waals surface area contributed by atoms with Crippen molar-refractivity contribution in [3.8, 4) is 0 Å². The number of aliphatic hydroxyl groups is 4. The minimum absolute atomic E-state index is 0.0162. The normalized spacial score (nSPS) is 59.8. The van der Waals surface area contributed by atoms with Crippen LogP contribution >= 0.6 is 0 Å². The monoisotopic (exact) mass is 462 g/mol. The van der Waals surface area contributed by atoms with Gasteiger partial charge in [-0.25, -0.2) is 0 Å². The quantitative estimate of drug-likeness (QED) is 0.447. The van der Waals surface area contributed by atoms with Gasteiger partial charge in [0.1, 0.15) is 11.2 Å². The Morgan fingerprint density at radius 1 is 1.03 bits per heavy atom. The summed E-state index contributed by atoms with van der Waals surface area (Å²) in [6, 6.07) is 0. The Morgan fingerprint density at radius 2 is 1.76 bits per heavy atom. The van der Waals surface area contributed by atoms with E-state index in [-0.39, 0.29) is 47.2 Å². The highest BCUT2D eigenvalue weighted by Gasteiger charge is 2.75. The predicted octanol–water partition coefficient (Wildman–Crippen LogP) is 2.91. The molecule has 0 aromatic heterocycles. The van der Waals surface area contributed by atoms with E-state index in [1.807, 2.05) is 6.92 Å². The van der Waals surface area contributed by atoms with E-state index in [1.54, 1.807) is 13.8 Å². The predicted molar refractivity (Wildman–Crippen MR) is 122 cm³/mol. The van der Waals surface area contributed by atoms with Gasteiger partial charge < -0.3 is 29.9 Å². The molecule has 0 amide bonds. The molecule has 6 rings (SSSR count). The number of fused-ring (bicyclic) bond motifs is 10. The summed E-state index contributed by atoms with van der Waals surface area (Å²) in [5.74, 6) is -0.400. The van der Waals surface area contributed by atoms with Crippen LogP contribution in [0, 0.1) is 34.5 Å². The smallest absolute Gasteiger partial charge is 0.200 e. The SMILES string of the molecule is CC12CCC(O)CC1=CC(O)C1C2CCC2(C)C1CC1OC3(C(C)(C)O)CC(O)C(C)(O3)C12. The van der Waals surface area contributed by atoms with Gasteiger partial charge in [-0.05, 0) is 87.9 Å². The molecule has 12 unspecified atom stereocenters. The number of rotatable bonds is 1. The Morgan fingerprint density at radius 3 is 2.45 bits per heavy atom. The van der Waals surface area contributed by atoms with Gasteiger partial charge in [0.15, 0.2) is 5.79 Å². The summed E-state index contributed by atoms with van der Waals surface area (Å²) in [7, 11) is 0. The molecule has 0 radical (unpaired) electrons. The molecule has 5 fully saturated rings. The first-order valence-corrected chi connectivity index (χ1v) is 13.1. The van der Waals surface area contributed by atoms with Crippen molar-refractivity contribution >= 4 is 0 Å². The minimum atomic E-state index is -1.23. The fourth-order valence-corrected chi connectivity index (χ4v) is 9.79. The van der Waals surface area contributed by atoms with Crippen LogP contribution in [0.4, 0.5) is 0 Å². The summed E-state index contributed by atoms with van der Waals surface area (Å²) < 4.78 is 13.2. The molecule has 4 aliphatic carbocycles. The summed E-state index contributed by atoms with van der Waals surface area (Å²) in [5, 5.41) is 44.0. The second-order valence-corrected chi connectivity index (χ2v) is 13.5. The van der Waals surface area contributed by atoms with Crippen LogP contribution in [0.3, 0.4) is 0 Å². The zero-order valence-electron chi connectivity index (χ0n) is 20.8. The van der Waals surface area contributed by atoms with Gasteiger partial charge in [-0.15, -0.1) is 0 Å². The molecule has 6 aliphatic rings. The molecule has 0 spiro atoms. The lowest BCUT2D eigenvalue weighted by Crippen LogP contribution is -2.64. The molecule has 0 aromatic carbocycles. The Balaban J connectivity index is 1.40. The topological polar surface area (TPSA) is 99.4 Å². The maximum Gasteiger partial charge on any atom is 0.200 e. The third kappa shape index (κ3) is 2.71. The first-order chi connectivity index (χ1) is 15.3. The summed E-state index contributed by atoms with van der Waals surface area (Å²) in [6.45, 7) is 10.1. The molecule has 12 atom stereocenters. The van der Waals surface area contributed by atoms with Crippen LogP contribution in [0.25, 0.3) is 0 Å². The maximum absolute atomic E-state index is 11.4. The third-order valence-corrected chi connectivity index (χ3v) is 11.5. The lowest BCUT2D eigenvalue weighted by atomic mass is 9.46. The van der Waals surface area contributed by atoms with Crippen LogP contribution in [0.15, 0.2) is 11.6 Å². The van der Waals surface area contributed by atoms with Gasteiger partial charge in [0, 0.05) is 12.3 Å². The van der Waals surface area contributed by atoms with Crippen molar-refractivity contribution in [3.63, 3.8) is 0 Å². The van der Waals surface area contributed by atoms with Crippen LogP contribution in [0.1, 0.15) is 79.6 Å². The summed E-state index contributed by atoms with van der Waals surface area (Å²) >= 11 is 0. The zero-order valence-corrected chi connectivity index (χ0v) is 20.8. The highest BCUT2D eigenvalue weighted by Crippen LogP contribution is 2.71. The number of aliphatic hydroxyl groups excluding tert-OH is 3. The first-order valence-electron chi connectivity index (χ1n) is 13.1. The van der Waals surface area contributed by atoms with Crippen LogP contribution in [-0.2, 0) is 9.47 Å². The molecule has 2 heterocycles. The third-order valence-electron chi connectivity index (χ3n) is 11.5. The molecule has 3 saturated carbocycles. The summed E-state index contributed by atoms with van der Waals surface area (Å²) in [5.41, 5.74) is -0.845. The Hall–Kier alpha value is -0.500. The average Bonchev–Trinajstić information content (AvgIpc) is 3.12. The molecular weight excluding hydrogens is 420 g/mol. The van der Waals surface area contributed by atoms with Crippen molar-refractivity contribution in [2.75, 3.05) is 0 Å². The molecule has 186 valence electrons. The second kappa shape index (κ2) is 6.63. The van der Waals surface area contributed by atoms with E-state index < -0.39 is 29.2 Å². The van der Waals surface area contributed by atoms with E-state index in [0.29, 0.717) is 12.3 Å². The molecule has 2 aliphatic heterocycles. The minimum Gasteiger partial charge on any atom is -0.393 e. The van der Waals surface area contributed by atoms with Crippen molar-refractivity contribution in [2.45, 2.75) is 121 Å². The van der Waals surface area contributed by atoms with E-state index in [1.165, 1.54) is 5.57 Å². The fraction of sp³-hybridized carbons (Fsp3) is 0.926. The highest BCUT2D eigenvalue weighted by molar-refractivity contribution is 5.29. The van der Waals surface area contributed by atoms with E-state index in [2.05, 4.69) is 19.9 Å².